The van der Waals surface area contributed by atoms with Gasteiger partial charge in [-0.05, 0) is 18.9 Å². The molecule has 1 aliphatic rings. The fraction of sp³-hybridized carbons (Fsp3) is 1.00. The molecule has 0 saturated carbocycles. The molecule has 0 spiro atoms. The molecule has 1 N–H and O–H groups in total. The minimum atomic E-state index is -4.08. The third-order valence-electron chi connectivity index (χ3n) is 3.83. The molecule has 6 heteroatoms. The van der Waals surface area contributed by atoms with Crippen molar-refractivity contribution < 1.29 is 13.2 Å². The van der Waals surface area contributed by atoms with Gasteiger partial charge < -0.3 is 5.32 Å². The van der Waals surface area contributed by atoms with Crippen LogP contribution in [0.3, 0.4) is 0 Å². The topological polar surface area (TPSA) is 18.5 Å². The van der Waals surface area contributed by atoms with Gasteiger partial charge in [-0.2, -0.15) is 13.2 Å². The normalized spacial score (nSPS) is 20.6. The quantitative estimate of drug-likeness (QED) is 0.726. The van der Waals surface area contributed by atoms with E-state index in [-0.39, 0.29) is 0 Å². The van der Waals surface area contributed by atoms with E-state index in [0.29, 0.717) is 25.0 Å². The van der Waals surface area contributed by atoms with Crippen LogP contribution in [0, 0.1) is 5.92 Å². The number of hydrogen-bond acceptors (Lipinski definition) is 3. The lowest BCUT2D eigenvalue weighted by Crippen LogP contribution is -2.55. The Bertz CT molecular complexity index is 261. The van der Waals surface area contributed by atoms with Crippen LogP contribution in [-0.2, 0) is 0 Å². The zero-order valence-corrected chi connectivity index (χ0v) is 12.8. The van der Waals surface area contributed by atoms with Crippen LogP contribution >= 0.6 is 0 Å². The summed E-state index contributed by atoms with van der Waals surface area (Å²) in [5.41, 5.74) is 0. The largest absolute Gasteiger partial charge is 0.401 e. The second-order valence-corrected chi connectivity index (χ2v) is 5.94. The Morgan fingerprint density at radius 1 is 1.10 bits per heavy atom. The fourth-order valence-electron chi connectivity index (χ4n) is 2.72. The predicted octanol–water partition coefficient (Wildman–Crippen LogP) is 2.19. The first-order valence-corrected chi connectivity index (χ1v) is 7.57. The van der Waals surface area contributed by atoms with Crippen LogP contribution in [0.4, 0.5) is 13.2 Å². The maximum atomic E-state index is 12.4. The summed E-state index contributed by atoms with van der Waals surface area (Å²) in [6, 6.07) is 0.412. The summed E-state index contributed by atoms with van der Waals surface area (Å²) in [6.45, 7) is 10.1. The second kappa shape index (κ2) is 8.20. The molecule has 120 valence electrons. The number of halogens is 3. The van der Waals surface area contributed by atoms with Gasteiger partial charge in [-0.15, -0.1) is 0 Å². The number of alkyl halides is 3. The average Bonchev–Trinajstić information content (AvgIpc) is 2.34. The third kappa shape index (κ3) is 6.41. The monoisotopic (exact) mass is 295 g/mol. The lowest BCUT2D eigenvalue weighted by Gasteiger charge is -2.41. The summed E-state index contributed by atoms with van der Waals surface area (Å²) < 4.78 is 37.1. The Morgan fingerprint density at radius 3 is 2.15 bits per heavy atom. The molecule has 0 aromatic carbocycles. The Balaban J connectivity index is 2.40. The van der Waals surface area contributed by atoms with Gasteiger partial charge in [-0.1, -0.05) is 20.8 Å². The number of nitrogens with one attached hydrogen (secondary N) is 1. The fourth-order valence-corrected chi connectivity index (χ4v) is 2.72. The molecule has 0 amide bonds. The van der Waals surface area contributed by atoms with Gasteiger partial charge in [0.05, 0.1) is 6.54 Å². The van der Waals surface area contributed by atoms with Crippen LogP contribution in [0.15, 0.2) is 0 Å². The first-order valence-electron chi connectivity index (χ1n) is 7.57. The standard InChI is InChI=1S/C14H28F3N3/c1-4-5-18-10-13(12(2)3)20-8-6-19(7-9-20)11-14(15,16)17/h12-13,18H,4-11H2,1-3H3. The van der Waals surface area contributed by atoms with E-state index in [1.54, 1.807) is 0 Å². The Kier molecular flexibility index (Phi) is 7.26. The van der Waals surface area contributed by atoms with Crippen LogP contribution < -0.4 is 5.32 Å². The molecule has 0 aromatic rings. The molecule has 1 aliphatic heterocycles. The number of piperazine rings is 1. The van der Waals surface area contributed by atoms with Crippen LogP contribution in [0.2, 0.25) is 0 Å². The van der Waals surface area contributed by atoms with E-state index in [9.17, 15) is 13.2 Å². The van der Waals surface area contributed by atoms with Gasteiger partial charge in [0, 0.05) is 38.8 Å². The first kappa shape index (κ1) is 17.7. The number of rotatable bonds is 7. The SMILES string of the molecule is CCCNCC(C(C)C)N1CCN(CC(F)(F)F)CC1. The van der Waals surface area contributed by atoms with Gasteiger partial charge in [0.15, 0.2) is 0 Å². The van der Waals surface area contributed by atoms with Gasteiger partial charge in [-0.3, -0.25) is 9.80 Å². The molecule has 20 heavy (non-hydrogen) atoms. The van der Waals surface area contributed by atoms with Crippen molar-refractivity contribution in [1.82, 2.24) is 15.1 Å². The predicted molar refractivity (Wildman–Crippen MR) is 75.9 cm³/mol. The molecule has 1 unspecified atom stereocenters. The molecule has 0 bridgehead atoms. The highest BCUT2D eigenvalue weighted by atomic mass is 19.4. The summed E-state index contributed by atoms with van der Waals surface area (Å²) in [4.78, 5) is 3.84. The lowest BCUT2D eigenvalue weighted by atomic mass is 10.0. The van der Waals surface area contributed by atoms with Crippen LogP contribution in [-0.4, -0.2) is 67.8 Å². The van der Waals surface area contributed by atoms with Crippen molar-refractivity contribution in [2.45, 2.75) is 39.4 Å². The summed E-state index contributed by atoms with van der Waals surface area (Å²) in [5.74, 6) is 0.508. The molecule has 0 aromatic heterocycles. The highest BCUT2D eigenvalue weighted by Gasteiger charge is 2.33. The summed E-state index contributed by atoms with van der Waals surface area (Å²) in [5, 5.41) is 3.43. The zero-order valence-electron chi connectivity index (χ0n) is 12.8. The summed E-state index contributed by atoms with van der Waals surface area (Å²) in [6.07, 6.45) is -2.98. The summed E-state index contributed by atoms with van der Waals surface area (Å²) >= 11 is 0. The van der Waals surface area contributed by atoms with Crippen LogP contribution in [0.1, 0.15) is 27.2 Å². The number of hydrogen-bond donors (Lipinski definition) is 1. The molecule has 1 heterocycles. The second-order valence-electron chi connectivity index (χ2n) is 5.94. The van der Waals surface area contributed by atoms with E-state index in [0.717, 1.165) is 32.6 Å². The van der Waals surface area contributed by atoms with Crippen molar-refractivity contribution in [3.8, 4) is 0 Å². The zero-order chi connectivity index (χ0) is 15.2. The van der Waals surface area contributed by atoms with E-state index in [4.69, 9.17) is 0 Å². The van der Waals surface area contributed by atoms with Crippen molar-refractivity contribution in [2.75, 3.05) is 45.8 Å². The maximum Gasteiger partial charge on any atom is 0.401 e. The highest BCUT2D eigenvalue weighted by Crippen LogP contribution is 2.19. The van der Waals surface area contributed by atoms with Gasteiger partial charge in [0.25, 0.3) is 0 Å². The lowest BCUT2D eigenvalue weighted by molar-refractivity contribution is -0.150. The Morgan fingerprint density at radius 2 is 1.70 bits per heavy atom. The Labute approximate surface area is 120 Å². The van der Waals surface area contributed by atoms with E-state index < -0.39 is 12.7 Å². The minimum absolute atomic E-state index is 0.412. The first-order chi connectivity index (χ1) is 9.33. The minimum Gasteiger partial charge on any atom is -0.315 e. The average molecular weight is 295 g/mol. The molecule has 0 aliphatic carbocycles. The molecule has 1 rings (SSSR count). The molecule has 1 saturated heterocycles. The van der Waals surface area contributed by atoms with Crippen molar-refractivity contribution >= 4 is 0 Å². The van der Waals surface area contributed by atoms with E-state index in [1.807, 2.05) is 0 Å². The van der Waals surface area contributed by atoms with Crippen molar-refractivity contribution in [3.63, 3.8) is 0 Å². The molecule has 3 nitrogen and oxygen atoms in total. The molecular weight excluding hydrogens is 267 g/mol. The summed E-state index contributed by atoms with van der Waals surface area (Å²) in [7, 11) is 0. The third-order valence-corrected chi connectivity index (χ3v) is 3.83. The van der Waals surface area contributed by atoms with Crippen molar-refractivity contribution in [2.24, 2.45) is 5.92 Å². The molecule has 1 atom stereocenters. The number of nitrogens with zero attached hydrogens (tertiary/aromatic N) is 2. The molecular formula is C14H28F3N3. The van der Waals surface area contributed by atoms with E-state index >= 15 is 0 Å². The highest BCUT2D eigenvalue weighted by molar-refractivity contribution is 4.82. The Hall–Kier alpha value is -0.330. The van der Waals surface area contributed by atoms with Crippen LogP contribution in [0.5, 0.6) is 0 Å². The van der Waals surface area contributed by atoms with Gasteiger partial charge in [0.2, 0.25) is 0 Å². The van der Waals surface area contributed by atoms with Crippen LogP contribution in [0.25, 0.3) is 0 Å². The molecule has 1 fully saturated rings. The molecule has 0 radical (unpaired) electrons. The van der Waals surface area contributed by atoms with Gasteiger partial charge >= 0.3 is 6.18 Å². The van der Waals surface area contributed by atoms with Crippen molar-refractivity contribution in [1.29, 1.82) is 0 Å². The maximum absolute atomic E-state index is 12.4. The van der Waals surface area contributed by atoms with Crippen molar-refractivity contribution in [3.05, 3.63) is 0 Å². The smallest absolute Gasteiger partial charge is 0.315 e. The van der Waals surface area contributed by atoms with E-state index in [2.05, 4.69) is 31.0 Å². The van der Waals surface area contributed by atoms with Gasteiger partial charge in [-0.25, -0.2) is 0 Å². The van der Waals surface area contributed by atoms with E-state index in [1.165, 1.54) is 4.90 Å². The van der Waals surface area contributed by atoms with Gasteiger partial charge in [0.1, 0.15) is 0 Å².